The van der Waals surface area contributed by atoms with Crippen LogP contribution in [0.5, 0.6) is 0 Å². The molecule has 1 nitrogen and oxygen atoms in total. The van der Waals surface area contributed by atoms with E-state index in [1.165, 1.54) is 11.1 Å². The average molecular weight is 283 g/mol. The zero-order chi connectivity index (χ0) is 15.2. The maximum atomic E-state index is 4.55. The number of hydrogen-bond donors (Lipinski definition) is 0. The van der Waals surface area contributed by atoms with Gasteiger partial charge in [0.2, 0.25) is 0 Å². The Hall–Kier alpha value is -2.93. The van der Waals surface area contributed by atoms with E-state index in [0.717, 1.165) is 16.8 Å². The quantitative estimate of drug-likeness (QED) is 0.541. The summed E-state index contributed by atoms with van der Waals surface area (Å²) in [4.78, 5) is 4.55. The molecule has 0 saturated carbocycles. The standard InChI is InChI=1S/C21H17N/c1-2-18-8-6-7-11-21(18)22-16-17-12-14-20(15-13-17)19-9-4-3-5-10-19/h2-16H,1H2. The first-order valence-electron chi connectivity index (χ1n) is 7.28. The van der Waals surface area contributed by atoms with Crippen LogP contribution in [-0.2, 0) is 0 Å². The zero-order valence-electron chi connectivity index (χ0n) is 12.3. The fourth-order valence-electron chi connectivity index (χ4n) is 2.31. The van der Waals surface area contributed by atoms with Gasteiger partial charge in [0, 0.05) is 6.21 Å². The lowest BCUT2D eigenvalue weighted by Gasteiger charge is -2.02. The van der Waals surface area contributed by atoms with Crippen LogP contribution in [0.4, 0.5) is 5.69 Å². The highest BCUT2D eigenvalue weighted by Crippen LogP contribution is 2.21. The van der Waals surface area contributed by atoms with Gasteiger partial charge in [-0.05, 0) is 28.3 Å². The summed E-state index contributed by atoms with van der Waals surface area (Å²) in [7, 11) is 0. The third-order valence-electron chi connectivity index (χ3n) is 3.53. The normalized spacial score (nSPS) is 10.7. The van der Waals surface area contributed by atoms with Crippen LogP contribution in [0.15, 0.2) is 90.4 Å². The largest absolute Gasteiger partial charge is 0.256 e. The van der Waals surface area contributed by atoms with Gasteiger partial charge in [-0.25, -0.2) is 0 Å². The summed E-state index contributed by atoms with van der Waals surface area (Å²) in [5.41, 5.74) is 5.50. The summed E-state index contributed by atoms with van der Waals surface area (Å²) in [5.74, 6) is 0. The first kappa shape index (κ1) is 14.0. The van der Waals surface area contributed by atoms with E-state index in [1.807, 2.05) is 42.6 Å². The molecule has 0 heterocycles. The van der Waals surface area contributed by atoms with Crippen molar-refractivity contribution in [2.45, 2.75) is 0 Å². The Bertz CT molecular complexity index is 784. The van der Waals surface area contributed by atoms with Crippen molar-refractivity contribution in [2.75, 3.05) is 0 Å². The molecule has 0 bridgehead atoms. The monoisotopic (exact) mass is 283 g/mol. The van der Waals surface area contributed by atoms with E-state index in [0.29, 0.717) is 0 Å². The second kappa shape index (κ2) is 6.68. The molecule has 0 amide bonds. The van der Waals surface area contributed by atoms with E-state index in [2.05, 4.69) is 60.1 Å². The van der Waals surface area contributed by atoms with Gasteiger partial charge in [-0.3, -0.25) is 4.99 Å². The van der Waals surface area contributed by atoms with Gasteiger partial charge in [0.1, 0.15) is 0 Å². The number of para-hydroxylation sites is 1. The van der Waals surface area contributed by atoms with Gasteiger partial charge in [-0.2, -0.15) is 0 Å². The van der Waals surface area contributed by atoms with Crippen molar-refractivity contribution in [3.05, 3.63) is 96.6 Å². The Morgan fingerprint density at radius 1 is 0.682 bits per heavy atom. The van der Waals surface area contributed by atoms with Crippen LogP contribution in [0.2, 0.25) is 0 Å². The Balaban J connectivity index is 1.82. The van der Waals surface area contributed by atoms with Gasteiger partial charge in [0.25, 0.3) is 0 Å². The van der Waals surface area contributed by atoms with Crippen LogP contribution in [0.3, 0.4) is 0 Å². The lowest BCUT2D eigenvalue weighted by atomic mass is 10.0. The molecule has 3 aromatic rings. The van der Waals surface area contributed by atoms with Gasteiger partial charge in [-0.15, -0.1) is 0 Å². The zero-order valence-corrected chi connectivity index (χ0v) is 12.3. The molecule has 3 aromatic carbocycles. The Morgan fingerprint density at radius 3 is 2.05 bits per heavy atom. The number of aliphatic imine (C=N–C) groups is 1. The molecule has 22 heavy (non-hydrogen) atoms. The number of nitrogens with zero attached hydrogens (tertiary/aromatic N) is 1. The molecule has 0 aromatic heterocycles. The van der Waals surface area contributed by atoms with Crippen LogP contribution >= 0.6 is 0 Å². The summed E-state index contributed by atoms with van der Waals surface area (Å²) < 4.78 is 0. The molecule has 0 fully saturated rings. The molecular formula is C21H17N. The van der Waals surface area contributed by atoms with E-state index >= 15 is 0 Å². The van der Waals surface area contributed by atoms with Crippen LogP contribution in [0.1, 0.15) is 11.1 Å². The SMILES string of the molecule is C=Cc1ccccc1N=Cc1ccc(-c2ccccc2)cc1. The van der Waals surface area contributed by atoms with E-state index in [9.17, 15) is 0 Å². The van der Waals surface area contributed by atoms with Crippen LogP contribution in [-0.4, -0.2) is 6.21 Å². The highest BCUT2D eigenvalue weighted by Gasteiger charge is 1.97. The average Bonchev–Trinajstić information content (AvgIpc) is 2.61. The summed E-state index contributed by atoms with van der Waals surface area (Å²) in [6, 6.07) is 26.8. The predicted octanol–water partition coefficient (Wildman–Crippen LogP) is 5.75. The maximum absolute atomic E-state index is 4.55. The third-order valence-corrected chi connectivity index (χ3v) is 3.53. The Kier molecular flexibility index (Phi) is 4.26. The molecule has 0 aliphatic carbocycles. The number of rotatable bonds is 4. The maximum Gasteiger partial charge on any atom is 0.0701 e. The summed E-state index contributed by atoms with van der Waals surface area (Å²) in [5, 5.41) is 0. The van der Waals surface area contributed by atoms with E-state index in [4.69, 9.17) is 0 Å². The predicted molar refractivity (Wildman–Crippen MR) is 95.7 cm³/mol. The molecule has 0 radical (unpaired) electrons. The van der Waals surface area contributed by atoms with Crippen molar-refractivity contribution in [1.29, 1.82) is 0 Å². The first-order valence-corrected chi connectivity index (χ1v) is 7.28. The molecule has 0 aliphatic rings. The molecule has 0 aliphatic heterocycles. The van der Waals surface area contributed by atoms with E-state index < -0.39 is 0 Å². The Labute approximate surface area is 131 Å². The highest BCUT2D eigenvalue weighted by atomic mass is 14.7. The molecule has 3 rings (SSSR count). The van der Waals surface area contributed by atoms with Crippen molar-refractivity contribution in [2.24, 2.45) is 4.99 Å². The first-order chi connectivity index (χ1) is 10.9. The van der Waals surface area contributed by atoms with E-state index in [-0.39, 0.29) is 0 Å². The fraction of sp³-hybridized carbons (Fsp3) is 0. The lowest BCUT2D eigenvalue weighted by Crippen LogP contribution is -1.83. The molecular weight excluding hydrogens is 266 g/mol. The third kappa shape index (κ3) is 3.21. The minimum atomic E-state index is 0.935. The van der Waals surface area contributed by atoms with Crippen molar-refractivity contribution in [3.8, 4) is 11.1 Å². The van der Waals surface area contributed by atoms with Crippen molar-refractivity contribution in [1.82, 2.24) is 0 Å². The highest BCUT2D eigenvalue weighted by molar-refractivity contribution is 5.84. The van der Waals surface area contributed by atoms with Gasteiger partial charge in [-0.1, -0.05) is 85.5 Å². The number of hydrogen-bond acceptors (Lipinski definition) is 1. The molecule has 0 saturated heterocycles. The summed E-state index contributed by atoms with van der Waals surface area (Å²) >= 11 is 0. The van der Waals surface area contributed by atoms with Crippen molar-refractivity contribution in [3.63, 3.8) is 0 Å². The second-order valence-corrected chi connectivity index (χ2v) is 5.01. The van der Waals surface area contributed by atoms with Crippen LogP contribution < -0.4 is 0 Å². The van der Waals surface area contributed by atoms with E-state index in [1.54, 1.807) is 0 Å². The lowest BCUT2D eigenvalue weighted by molar-refractivity contribution is 1.50. The molecule has 0 N–H and O–H groups in total. The van der Waals surface area contributed by atoms with Crippen LogP contribution in [0, 0.1) is 0 Å². The van der Waals surface area contributed by atoms with Crippen molar-refractivity contribution < 1.29 is 0 Å². The topological polar surface area (TPSA) is 12.4 Å². The van der Waals surface area contributed by atoms with Crippen LogP contribution in [0.25, 0.3) is 17.2 Å². The van der Waals surface area contributed by atoms with Gasteiger partial charge in [0.05, 0.1) is 5.69 Å². The smallest absolute Gasteiger partial charge is 0.0701 e. The summed E-state index contributed by atoms with van der Waals surface area (Å²) in [6.07, 6.45) is 3.71. The molecule has 106 valence electrons. The molecule has 0 unspecified atom stereocenters. The minimum Gasteiger partial charge on any atom is -0.256 e. The van der Waals surface area contributed by atoms with Gasteiger partial charge in [0.15, 0.2) is 0 Å². The Morgan fingerprint density at radius 2 is 1.32 bits per heavy atom. The molecule has 0 spiro atoms. The van der Waals surface area contributed by atoms with Gasteiger partial charge < -0.3 is 0 Å². The minimum absolute atomic E-state index is 0.935. The molecule has 1 heteroatoms. The fourth-order valence-corrected chi connectivity index (χ4v) is 2.31. The molecule has 0 atom stereocenters. The van der Waals surface area contributed by atoms with Crippen molar-refractivity contribution >= 4 is 18.0 Å². The number of benzene rings is 3. The second-order valence-electron chi connectivity index (χ2n) is 5.01. The summed E-state index contributed by atoms with van der Waals surface area (Å²) in [6.45, 7) is 3.82. The van der Waals surface area contributed by atoms with Gasteiger partial charge >= 0.3 is 0 Å².